The third-order valence-electron chi connectivity index (χ3n) is 4.98. The highest BCUT2D eigenvalue weighted by molar-refractivity contribution is 5.43. The van der Waals surface area contributed by atoms with E-state index in [0.29, 0.717) is 5.95 Å². The van der Waals surface area contributed by atoms with Crippen LogP contribution in [-0.4, -0.2) is 27.3 Å². The Morgan fingerprint density at radius 1 is 1.12 bits per heavy atom. The summed E-state index contributed by atoms with van der Waals surface area (Å²) in [7, 11) is 1.70. The fraction of sp³-hybridized carbons (Fsp3) is 0.316. The minimum atomic E-state index is 0.0222. The van der Waals surface area contributed by atoms with Crippen LogP contribution in [0.4, 0.5) is 5.95 Å². The second kappa shape index (κ2) is 6.20. The van der Waals surface area contributed by atoms with Crippen LogP contribution in [0, 0.1) is 13.8 Å². The van der Waals surface area contributed by atoms with Crippen LogP contribution in [-0.2, 0) is 0 Å². The molecule has 25 heavy (non-hydrogen) atoms. The second-order valence-electron chi connectivity index (χ2n) is 6.48. The molecule has 0 fully saturated rings. The van der Waals surface area contributed by atoms with Gasteiger partial charge in [0, 0.05) is 5.56 Å². The van der Waals surface area contributed by atoms with E-state index in [-0.39, 0.29) is 12.1 Å². The quantitative estimate of drug-likeness (QED) is 0.794. The van der Waals surface area contributed by atoms with Crippen molar-refractivity contribution >= 4 is 5.95 Å². The Morgan fingerprint density at radius 3 is 2.76 bits per heavy atom. The summed E-state index contributed by atoms with van der Waals surface area (Å²) >= 11 is 0. The van der Waals surface area contributed by atoms with Crippen molar-refractivity contribution in [3.05, 3.63) is 64.7 Å². The van der Waals surface area contributed by atoms with E-state index >= 15 is 0 Å². The van der Waals surface area contributed by atoms with Crippen LogP contribution in [0.15, 0.2) is 42.5 Å². The van der Waals surface area contributed by atoms with Crippen molar-refractivity contribution in [3.8, 4) is 5.75 Å². The van der Waals surface area contributed by atoms with Crippen molar-refractivity contribution in [1.29, 1.82) is 0 Å². The molecule has 0 radical (unpaired) electrons. The number of aryl methyl sites for hydroxylation is 2. The van der Waals surface area contributed by atoms with Crippen LogP contribution in [0.5, 0.6) is 5.75 Å². The number of ether oxygens (including phenoxy) is 1. The molecule has 0 aliphatic carbocycles. The molecule has 2 heterocycles. The van der Waals surface area contributed by atoms with E-state index in [4.69, 9.17) is 4.74 Å². The van der Waals surface area contributed by atoms with Gasteiger partial charge in [-0.15, -0.1) is 0 Å². The van der Waals surface area contributed by atoms with Crippen LogP contribution in [0.3, 0.4) is 0 Å². The lowest BCUT2D eigenvalue weighted by atomic mass is 9.91. The van der Waals surface area contributed by atoms with E-state index in [2.05, 4.69) is 59.0 Å². The molecule has 1 aromatic heterocycles. The van der Waals surface area contributed by atoms with Crippen molar-refractivity contribution in [2.45, 2.75) is 32.4 Å². The molecule has 0 spiro atoms. The van der Waals surface area contributed by atoms with E-state index < -0.39 is 0 Å². The van der Waals surface area contributed by atoms with Gasteiger partial charge < -0.3 is 10.1 Å². The molecular formula is C19H21N5O. The minimum absolute atomic E-state index is 0.0222. The molecule has 4 rings (SSSR count). The van der Waals surface area contributed by atoms with Crippen molar-refractivity contribution in [3.63, 3.8) is 0 Å². The summed E-state index contributed by atoms with van der Waals surface area (Å²) in [5, 5.41) is 15.7. The number of tetrazole rings is 1. The van der Waals surface area contributed by atoms with Crippen molar-refractivity contribution in [1.82, 2.24) is 20.2 Å². The van der Waals surface area contributed by atoms with E-state index in [1.807, 2.05) is 22.9 Å². The van der Waals surface area contributed by atoms with Crippen LogP contribution in [0.25, 0.3) is 0 Å². The Bertz CT molecular complexity index is 904. The fourth-order valence-electron chi connectivity index (χ4n) is 3.44. The van der Waals surface area contributed by atoms with E-state index in [1.54, 1.807) is 7.11 Å². The summed E-state index contributed by atoms with van der Waals surface area (Å²) in [6, 6.07) is 14.8. The molecule has 1 N–H and O–H groups in total. The highest BCUT2D eigenvalue weighted by Gasteiger charge is 2.32. The minimum Gasteiger partial charge on any atom is -0.496 e. The monoisotopic (exact) mass is 335 g/mol. The van der Waals surface area contributed by atoms with Gasteiger partial charge >= 0.3 is 0 Å². The topological polar surface area (TPSA) is 64.9 Å². The van der Waals surface area contributed by atoms with Gasteiger partial charge in [0.05, 0.1) is 19.2 Å². The van der Waals surface area contributed by atoms with Gasteiger partial charge in [-0.1, -0.05) is 41.5 Å². The summed E-state index contributed by atoms with van der Waals surface area (Å²) in [4.78, 5) is 0. The lowest BCUT2D eigenvalue weighted by Gasteiger charge is -2.31. The van der Waals surface area contributed by atoms with Crippen molar-refractivity contribution in [2.75, 3.05) is 12.4 Å². The molecule has 0 bridgehead atoms. The first-order valence-electron chi connectivity index (χ1n) is 8.42. The molecule has 0 saturated heterocycles. The van der Waals surface area contributed by atoms with E-state index in [0.717, 1.165) is 17.7 Å². The lowest BCUT2D eigenvalue weighted by Crippen LogP contribution is -2.28. The van der Waals surface area contributed by atoms with Gasteiger partial charge in [0.1, 0.15) is 5.75 Å². The van der Waals surface area contributed by atoms with Gasteiger partial charge in [0.2, 0.25) is 5.95 Å². The predicted octanol–water partition coefficient (Wildman–Crippen LogP) is 3.44. The number of aromatic nitrogens is 4. The maximum atomic E-state index is 5.56. The average Bonchev–Trinajstić information content (AvgIpc) is 3.12. The molecule has 1 aliphatic heterocycles. The fourth-order valence-corrected chi connectivity index (χ4v) is 3.44. The standard InChI is InChI=1S/C19H21N5O/c1-12-8-9-14(10-13(12)2)16-11-17(24-19(20-16)21-22-23-24)15-6-4-5-7-18(15)25-3/h4-10,16-17H,11H2,1-3H3,(H,20,21,23)/t16-,17-/m1/s1. The van der Waals surface area contributed by atoms with Gasteiger partial charge in [0.15, 0.2) is 0 Å². The molecule has 0 saturated carbocycles. The Balaban J connectivity index is 1.76. The molecule has 2 aromatic carbocycles. The summed E-state index contributed by atoms with van der Waals surface area (Å²) in [5.74, 6) is 1.54. The highest BCUT2D eigenvalue weighted by Crippen LogP contribution is 2.40. The van der Waals surface area contributed by atoms with E-state index in [9.17, 15) is 0 Å². The number of hydrogen-bond donors (Lipinski definition) is 1. The lowest BCUT2D eigenvalue weighted by molar-refractivity contribution is 0.377. The number of nitrogens with zero attached hydrogens (tertiary/aromatic N) is 4. The first-order valence-corrected chi connectivity index (χ1v) is 8.42. The predicted molar refractivity (Wildman–Crippen MR) is 95.8 cm³/mol. The van der Waals surface area contributed by atoms with E-state index in [1.165, 1.54) is 16.7 Å². The molecular weight excluding hydrogens is 314 g/mol. The van der Waals surface area contributed by atoms with Crippen LogP contribution < -0.4 is 10.1 Å². The number of methoxy groups -OCH3 is 1. The number of benzene rings is 2. The molecule has 3 aromatic rings. The van der Waals surface area contributed by atoms with Gasteiger partial charge in [-0.25, -0.2) is 4.68 Å². The smallest absolute Gasteiger partial charge is 0.243 e. The third-order valence-corrected chi connectivity index (χ3v) is 4.98. The summed E-state index contributed by atoms with van der Waals surface area (Å²) in [5.41, 5.74) is 4.93. The van der Waals surface area contributed by atoms with Crippen LogP contribution in [0.2, 0.25) is 0 Å². The number of fused-ring (bicyclic) bond motifs is 1. The first-order chi connectivity index (χ1) is 12.2. The zero-order chi connectivity index (χ0) is 17.4. The maximum absolute atomic E-state index is 5.56. The second-order valence-corrected chi connectivity index (χ2v) is 6.48. The number of rotatable bonds is 3. The summed E-state index contributed by atoms with van der Waals surface area (Å²) in [6.45, 7) is 4.27. The zero-order valence-corrected chi connectivity index (χ0v) is 14.6. The van der Waals surface area contributed by atoms with Gasteiger partial charge in [0.25, 0.3) is 0 Å². The van der Waals surface area contributed by atoms with Crippen molar-refractivity contribution < 1.29 is 4.74 Å². The molecule has 128 valence electrons. The first kappa shape index (κ1) is 15.6. The molecule has 2 atom stereocenters. The third kappa shape index (κ3) is 2.73. The molecule has 0 unspecified atom stereocenters. The van der Waals surface area contributed by atoms with Gasteiger partial charge in [-0.2, -0.15) is 0 Å². The molecule has 1 aliphatic rings. The number of para-hydroxylation sites is 1. The maximum Gasteiger partial charge on any atom is 0.243 e. The molecule has 0 amide bonds. The van der Waals surface area contributed by atoms with Gasteiger partial charge in [-0.05, 0) is 53.5 Å². The van der Waals surface area contributed by atoms with Crippen LogP contribution >= 0.6 is 0 Å². The van der Waals surface area contributed by atoms with Crippen LogP contribution in [0.1, 0.15) is 40.8 Å². The Labute approximate surface area is 146 Å². The SMILES string of the molecule is COc1ccccc1[C@H]1C[C@H](c2ccc(C)c(C)c2)Nc2nnnn21. The van der Waals surface area contributed by atoms with Crippen molar-refractivity contribution in [2.24, 2.45) is 0 Å². The number of nitrogens with one attached hydrogen (secondary N) is 1. The van der Waals surface area contributed by atoms with Gasteiger partial charge in [-0.3, -0.25) is 0 Å². The Kier molecular flexibility index (Phi) is 3.87. The summed E-state index contributed by atoms with van der Waals surface area (Å²) in [6.07, 6.45) is 0.848. The zero-order valence-electron chi connectivity index (χ0n) is 14.6. The largest absolute Gasteiger partial charge is 0.496 e. The Hall–Kier alpha value is -2.89. The normalized spacial score (nSPS) is 19.2. The average molecular weight is 335 g/mol. The Morgan fingerprint density at radius 2 is 1.96 bits per heavy atom. The highest BCUT2D eigenvalue weighted by atomic mass is 16.5. The molecule has 6 nitrogen and oxygen atoms in total. The number of anilines is 1. The molecule has 6 heteroatoms. The summed E-state index contributed by atoms with van der Waals surface area (Å²) < 4.78 is 7.41. The number of hydrogen-bond acceptors (Lipinski definition) is 5.